The normalized spacial score (nSPS) is 10.9. The lowest BCUT2D eigenvalue weighted by atomic mass is 10.1. The van der Waals surface area contributed by atoms with Crippen molar-refractivity contribution in [3.8, 4) is 11.6 Å². The number of ether oxygens (including phenoxy) is 2. The maximum atomic E-state index is 14.1. The van der Waals surface area contributed by atoms with Gasteiger partial charge in [0.05, 0.1) is 48.9 Å². The van der Waals surface area contributed by atoms with Gasteiger partial charge in [-0.25, -0.2) is 9.37 Å². The van der Waals surface area contributed by atoms with E-state index in [0.29, 0.717) is 34.9 Å². The Balaban J connectivity index is 1.63. The first-order valence-electron chi connectivity index (χ1n) is 10.0. The fraction of sp³-hybridized carbons (Fsp3) is 0.208. The Labute approximate surface area is 184 Å². The second-order valence-electron chi connectivity index (χ2n) is 7.36. The number of nitrogens with zero attached hydrogens (tertiary/aromatic N) is 3. The Morgan fingerprint density at radius 2 is 1.88 bits per heavy atom. The Morgan fingerprint density at radius 3 is 2.59 bits per heavy atom. The molecule has 2 aromatic carbocycles. The van der Waals surface area contributed by atoms with Gasteiger partial charge in [0.2, 0.25) is 5.88 Å². The van der Waals surface area contributed by atoms with Crippen molar-refractivity contribution in [2.75, 3.05) is 19.5 Å². The molecule has 0 aliphatic rings. The minimum atomic E-state index is -0.432. The average molecular weight is 434 g/mol. The standard InChI is InChI=1S/C24H23FN4O3/c1-14-23(15(2)29(28-14)13-16-9-10-21(31-3)19(25)11-16)27-24(30)18-12-22(32-4)26-20-8-6-5-7-17(18)20/h5-12H,13H2,1-4H3,(H,27,30). The van der Waals surface area contributed by atoms with E-state index in [4.69, 9.17) is 9.47 Å². The third kappa shape index (κ3) is 3.99. The molecule has 4 rings (SSSR count). The molecule has 0 atom stereocenters. The second-order valence-corrected chi connectivity index (χ2v) is 7.36. The van der Waals surface area contributed by atoms with Crippen LogP contribution in [-0.2, 0) is 6.54 Å². The third-order valence-electron chi connectivity index (χ3n) is 5.32. The lowest BCUT2D eigenvalue weighted by molar-refractivity contribution is 0.102. The summed E-state index contributed by atoms with van der Waals surface area (Å²) in [7, 11) is 2.94. The van der Waals surface area contributed by atoms with Crippen molar-refractivity contribution in [1.29, 1.82) is 0 Å². The van der Waals surface area contributed by atoms with E-state index in [1.807, 2.05) is 38.1 Å². The maximum Gasteiger partial charge on any atom is 0.256 e. The van der Waals surface area contributed by atoms with E-state index in [1.54, 1.807) is 22.9 Å². The number of halogens is 1. The highest BCUT2D eigenvalue weighted by Crippen LogP contribution is 2.26. The van der Waals surface area contributed by atoms with Crippen LogP contribution in [0, 0.1) is 19.7 Å². The van der Waals surface area contributed by atoms with Crippen molar-refractivity contribution in [3.63, 3.8) is 0 Å². The van der Waals surface area contributed by atoms with Gasteiger partial charge in [-0.2, -0.15) is 5.10 Å². The number of pyridine rings is 1. The van der Waals surface area contributed by atoms with E-state index >= 15 is 0 Å². The zero-order chi connectivity index (χ0) is 22.8. The fourth-order valence-corrected chi connectivity index (χ4v) is 3.64. The maximum absolute atomic E-state index is 14.1. The lowest BCUT2D eigenvalue weighted by Gasteiger charge is -2.11. The number of amides is 1. The molecule has 0 aliphatic heterocycles. The van der Waals surface area contributed by atoms with E-state index in [-0.39, 0.29) is 11.7 Å². The summed E-state index contributed by atoms with van der Waals surface area (Å²) in [4.78, 5) is 17.6. The summed E-state index contributed by atoms with van der Waals surface area (Å²) in [5.41, 5.74) is 3.90. The molecule has 4 aromatic rings. The van der Waals surface area contributed by atoms with Gasteiger partial charge >= 0.3 is 0 Å². The van der Waals surface area contributed by atoms with Crippen molar-refractivity contribution in [2.24, 2.45) is 0 Å². The van der Waals surface area contributed by atoms with Crippen LogP contribution in [0.4, 0.5) is 10.1 Å². The number of aryl methyl sites for hydroxylation is 1. The van der Waals surface area contributed by atoms with Gasteiger partial charge in [0.1, 0.15) is 0 Å². The Hall–Kier alpha value is -3.94. The SMILES string of the molecule is COc1cc(C(=O)Nc2c(C)nn(Cc3ccc(OC)c(F)c3)c2C)c2ccccc2n1. The average Bonchev–Trinajstić information content (AvgIpc) is 3.05. The molecule has 32 heavy (non-hydrogen) atoms. The number of nitrogens with one attached hydrogen (secondary N) is 1. The first-order chi connectivity index (χ1) is 15.4. The van der Waals surface area contributed by atoms with Crippen LogP contribution < -0.4 is 14.8 Å². The second kappa shape index (κ2) is 8.66. The molecule has 0 unspecified atom stereocenters. The van der Waals surface area contributed by atoms with Gasteiger partial charge < -0.3 is 14.8 Å². The molecular weight excluding hydrogens is 411 g/mol. The summed E-state index contributed by atoms with van der Waals surface area (Å²) in [6.45, 7) is 4.04. The number of carbonyl (C=O) groups excluding carboxylic acids is 1. The van der Waals surface area contributed by atoms with E-state index in [1.165, 1.54) is 20.3 Å². The largest absolute Gasteiger partial charge is 0.494 e. The number of hydrogen-bond donors (Lipinski definition) is 1. The third-order valence-corrected chi connectivity index (χ3v) is 5.32. The van der Waals surface area contributed by atoms with Crippen LogP contribution in [0.25, 0.3) is 10.9 Å². The molecule has 2 heterocycles. The van der Waals surface area contributed by atoms with E-state index < -0.39 is 5.82 Å². The highest BCUT2D eigenvalue weighted by molar-refractivity contribution is 6.13. The minimum Gasteiger partial charge on any atom is -0.494 e. The molecule has 8 heteroatoms. The van der Waals surface area contributed by atoms with Gasteiger partial charge in [-0.15, -0.1) is 0 Å². The lowest BCUT2D eigenvalue weighted by Crippen LogP contribution is -2.14. The molecule has 0 bridgehead atoms. The zero-order valence-corrected chi connectivity index (χ0v) is 18.3. The summed E-state index contributed by atoms with van der Waals surface area (Å²) in [6, 6.07) is 13.8. The minimum absolute atomic E-state index is 0.190. The summed E-state index contributed by atoms with van der Waals surface area (Å²) >= 11 is 0. The molecular formula is C24H23FN4O3. The quantitative estimate of drug-likeness (QED) is 0.483. The number of rotatable bonds is 6. The molecule has 7 nitrogen and oxygen atoms in total. The van der Waals surface area contributed by atoms with Gasteiger partial charge in [0, 0.05) is 11.5 Å². The Kier molecular flexibility index (Phi) is 5.77. The van der Waals surface area contributed by atoms with Crippen molar-refractivity contribution in [2.45, 2.75) is 20.4 Å². The molecule has 0 aliphatic carbocycles. The molecule has 1 N–H and O–H groups in total. The van der Waals surface area contributed by atoms with Crippen molar-refractivity contribution < 1.29 is 18.7 Å². The number of fused-ring (bicyclic) bond motifs is 1. The summed E-state index contributed by atoms with van der Waals surface area (Å²) in [6.07, 6.45) is 0. The molecule has 0 radical (unpaired) electrons. The predicted octanol–water partition coefficient (Wildman–Crippen LogP) is 4.51. The number of benzene rings is 2. The number of carbonyl (C=O) groups is 1. The van der Waals surface area contributed by atoms with Crippen molar-refractivity contribution in [1.82, 2.24) is 14.8 Å². The van der Waals surface area contributed by atoms with Gasteiger partial charge in [-0.1, -0.05) is 24.3 Å². The van der Waals surface area contributed by atoms with Crippen LogP contribution in [0.15, 0.2) is 48.5 Å². The Bertz CT molecular complexity index is 1320. The molecule has 0 saturated carbocycles. The van der Waals surface area contributed by atoms with Gasteiger partial charge in [-0.3, -0.25) is 9.48 Å². The van der Waals surface area contributed by atoms with Gasteiger partial charge in [0.25, 0.3) is 5.91 Å². The summed E-state index contributed by atoms with van der Waals surface area (Å²) < 4.78 is 26.0. The van der Waals surface area contributed by atoms with Crippen LogP contribution >= 0.6 is 0 Å². The van der Waals surface area contributed by atoms with E-state index in [9.17, 15) is 9.18 Å². The van der Waals surface area contributed by atoms with E-state index in [2.05, 4.69) is 15.4 Å². The van der Waals surface area contributed by atoms with Crippen LogP contribution in [0.1, 0.15) is 27.3 Å². The molecule has 0 spiro atoms. The molecule has 1 amide bonds. The van der Waals surface area contributed by atoms with Crippen LogP contribution in [0.3, 0.4) is 0 Å². The number of para-hydroxylation sites is 1. The van der Waals surface area contributed by atoms with Crippen molar-refractivity contribution in [3.05, 3.63) is 76.9 Å². The molecule has 0 fully saturated rings. The number of hydrogen-bond acceptors (Lipinski definition) is 5. The number of anilines is 1. The van der Waals surface area contributed by atoms with Crippen LogP contribution in [-0.4, -0.2) is 34.9 Å². The number of aromatic nitrogens is 3. The van der Waals surface area contributed by atoms with Gasteiger partial charge in [0.15, 0.2) is 11.6 Å². The summed E-state index contributed by atoms with van der Waals surface area (Å²) in [5, 5.41) is 8.23. The first kappa shape index (κ1) is 21.3. The fourth-order valence-electron chi connectivity index (χ4n) is 3.64. The zero-order valence-electron chi connectivity index (χ0n) is 18.3. The first-order valence-corrected chi connectivity index (χ1v) is 10.0. The van der Waals surface area contributed by atoms with Crippen LogP contribution in [0.5, 0.6) is 11.6 Å². The van der Waals surface area contributed by atoms with Crippen LogP contribution in [0.2, 0.25) is 0 Å². The predicted molar refractivity (Wildman–Crippen MR) is 120 cm³/mol. The molecule has 0 saturated heterocycles. The monoisotopic (exact) mass is 434 g/mol. The van der Waals surface area contributed by atoms with Gasteiger partial charge in [-0.05, 0) is 37.6 Å². The van der Waals surface area contributed by atoms with Crippen molar-refractivity contribution >= 4 is 22.5 Å². The summed E-state index contributed by atoms with van der Waals surface area (Å²) in [5.74, 6) is -0.170. The molecule has 164 valence electrons. The topological polar surface area (TPSA) is 78.3 Å². The smallest absolute Gasteiger partial charge is 0.256 e. The number of methoxy groups -OCH3 is 2. The highest BCUT2D eigenvalue weighted by atomic mass is 19.1. The molecule has 2 aromatic heterocycles. The van der Waals surface area contributed by atoms with E-state index in [0.717, 1.165) is 16.6 Å². The Morgan fingerprint density at radius 1 is 1.09 bits per heavy atom. The highest BCUT2D eigenvalue weighted by Gasteiger charge is 2.19.